The molecule has 0 aliphatic heterocycles. The lowest BCUT2D eigenvalue weighted by atomic mass is 9.93. The first-order valence-electron chi connectivity index (χ1n) is 15.2. The molecule has 0 spiro atoms. The van der Waals surface area contributed by atoms with Crippen LogP contribution in [0.25, 0.3) is 0 Å². The van der Waals surface area contributed by atoms with Crippen LogP contribution in [-0.4, -0.2) is 58.7 Å². The molecule has 4 rings (SSSR count). The quantitative estimate of drug-likeness (QED) is 0.221. The van der Waals surface area contributed by atoms with Crippen molar-refractivity contribution in [2.75, 3.05) is 19.6 Å². The van der Waals surface area contributed by atoms with E-state index in [0.717, 1.165) is 48.8 Å². The number of benzene rings is 3. The highest BCUT2D eigenvalue weighted by Gasteiger charge is 2.28. The van der Waals surface area contributed by atoms with Crippen LogP contribution in [0.2, 0.25) is 0 Å². The van der Waals surface area contributed by atoms with E-state index >= 15 is 0 Å². The molecule has 1 aliphatic rings. The average Bonchev–Trinajstić information content (AvgIpc) is 3.05. The zero-order valence-corrected chi connectivity index (χ0v) is 24.7. The van der Waals surface area contributed by atoms with Crippen molar-refractivity contribution in [3.8, 4) is 0 Å². The molecule has 0 unspecified atom stereocenters. The summed E-state index contributed by atoms with van der Waals surface area (Å²) in [5.41, 5.74) is 2.79. The van der Waals surface area contributed by atoms with E-state index in [9.17, 15) is 19.5 Å². The van der Waals surface area contributed by atoms with Gasteiger partial charge in [-0.15, -0.1) is 0 Å². The number of hydrogen-bond donors (Lipinski definition) is 2. The van der Waals surface area contributed by atoms with E-state index in [1.807, 2.05) is 95.9 Å². The first kappa shape index (κ1) is 31.6. The molecule has 3 aromatic rings. The highest BCUT2D eigenvalue weighted by Crippen LogP contribution is 2.25. The minimum absolute atomic E-state index is 0.0322. The molecule has 8 heteroatoms. The van der Waals surface area contributed by atoms with Gasteiger partial charge < -0.3 is 25.0 Å². The zero-order chi connectivity index (χ0) is 30.3. The van der Waals surface area contributed by atoms with Gasteiger partial charge in [-0.25, -0.2) is 9.59 Å². The predicted octanol–water partition coefficient (Wildman–Crippen LogP) is 6.66. The van der Waals surface area contributed by atoms with E-state index in [1.165, 1.54) is 0 Å². The lowest BCUT2D eigenvalue weighted by molar-refractivity contribution is -0.134. The first-order valence-corrected chi connectivity index (χ1v) is 15.2. The largest absolute Gasteiger partial charge is 0.465 e. The predicted molar refractivity (Wildman–Crippen MR) is 166 cm³/mol. The molecule has 1 aliphatic carbocycles. The van der Waals surface area contributed by atoms with Gasteiger partial charge in [0.15, 0.2) is 0 Å². The maximum absolute atomic E-state index is 13.8. The number of carboxylic acid groups (broad SMARTS) is 1. The fraction of sp³-hybridized carbons (Fsp3) is 0.371. The van der Waals surface area contributed by atoms with E-state index in [2.05, 4.69) is 5.32 Å². The Morgan fingerprint density at radius 2 is 1.35 bits per heavy atom. The van der Waals surface area contributed by atoms with Crippen LogP contribution in [0.3, 0.4) is 0 Å². The average molecular weight is 585 g/mol. The van der Waals surface area contributed by atoms with Crippen molar-refractivity contribution in [2.45, 2.75) is 64.0 Å². The summed E-state index contributed by atoms with van der Waals surface area (Å²) in [7, 11) is 0. The van der Waals surface area contributed by atoms with Crippen molar-refractivity contribution in [2.24, 2.45) is 0 Å². The molecule has 43 heavy (non-hydrogen) atoms. The molecule has 2 N–H and O–H groups in total. The zero-order valence-electron chi connectivity index (χ0n) is 24.7. The third kappa shape index (κ3) is 10.5. The molecule has 227 valence electrons. The van der Waals surface area contributed by atoms with E-state index in [4.69, 9.17) is 4.74 Å². The number of nitrogens with zero attached hydrogens (tertiary/aromatic N) is 2. The topological polar surface area (TPSA) is 99.2 Å². The third-order valence-corrected chi connectivity index (χ3v) is 7.89. The van der Waals surface area contributed by atoms with Gasteiger partial charge in [-0.05, 0) is 42.4 Å². The highest BCUT2D eigenvalue weighted by atomic mass is 16.6. The summed E-state index contributed by atoms with van der Waals surface area (Å²) in [6, 6.07) is 29.5. The Kier molecular flexibility index (Phi) is 12.5. The summed E-state index contributed by atoms with van der Waals surface area (Å²) in [5, 5.41) is 12.0. The number of carbonyl (C=O) groups excluding carboxylic acids is 2. The highest BCUT2D eigenvalue weighted by molar-refractivity contribution is 5.77. The van der Waals surface area contributed by atoms with Crippen LogP contribution in [0.5, 0.6) is 0 Å². The molecule has 1 fully saturated rings. The minimum Gasteiger partial charge on any atom is -0.465 e. The third-order valence-electron chi connectivity index (χ3n) is 7.89. The molecule has 0 bridgehead atoms. The van der Waals surface area contributed by atoms with E-state index in [-0.39, 0.29) is 31.5 Å². The van der Waals surface area contributed by atoms with Crippen LogP contribution < -0.4 is 5.32 Å². The van der Waals surface area contributed by atoms with Crippen molar-refractivity contribution in [1.29, 1.82) is 0 Å². The summed E-state index contributed by atoms with van der Waals surface area (Å²) in [6.45, 7) is 1.24. The molecule has 1 saturated carbocycles. The van der Waals surface area contributed by atoms with Crippen LogP contribution in [0.15, 0.2) is 91.0 Å². The van der Waals surface area contributed by atoms with Crippen molar-refractivity contribution in [3.63, 3.8) is 0 Å². The Morgan fingerprint density at radius 1 is 0.744 bits per heavy atom. The molecule has 8 nitrogen and oxygen atoms in total. The van der Waals surface area contributed by atoms with Crippen LogP contribution in [-0.2, 0) is 22.6 Å². The molecule has 0 heterocycles. The van der Waals surface area contributed by atoms with E-state index < -0.39 is 12.2 Å². The number of carbonyl (C=O) groups is 3. The number of ether oxygens (including phenoxy) is 1. The van der Waals surface area contributed by atoms with E-state index in [0.29, 0.717) is 32.0 Å². The fourth-order valence-corrected chi connectivity index (χ4v) is 5.57. The van der Waals surface area contributed by atoms with Crippen LogP contribution in [0, 0.1) is 6.04 Å². The molecular formula is C35H42N3O5. The summed E-state index contributed by atoms with van der Waals surface area (Å²) in [6.07, 6.45) is 4.76. The summed E-state index contributed by atoms with van der Waals surface area (Å²) in [5.74, 6) is -0.0322. The van der Waals surface area contributed by atoms with Crippen LogP contribution in [0.1, 0.15) is 61.6 Å². The van der Waals surface area contributed by atoms with Crippen molar-refractivity contribution >= 4 is 18.1 Å². The van der Waals surface area contributed by atoms with Gasteiger partial charge in [0.25, 0.3) is 0 Å². The second-order valence-corrected chi connectivity index (χ2v) is 10.9. The van der Waals surface area contributed by atoms with Crippen LogP contribution >= 0.6 is 0 Å². The van der Waals surface area contributed by atoms with Crippen LogP contribution in [0.4, 0.5) is 9.59 Å². The number of rotatable bonds is 14. The van der Waals surface area contributed by atoms with Gasteiger partial charge in [-0.2, -0.15) is 0 Å². The van der Waals surface area contributed by atoms with Gasteiger partial charge in [0, 0.05) is 32.1 Å². The Balaban J connectivity index is 1.43. The van der Waals surface area contributed by atoms with E-state index in [1.54, 1.807) is 4.90 Å². The first-order chi connectivity index (χ1) is 21.0. The molecule has 3 aromatic carbocycles. The number of hydrogen-bond acceptors (Lipinski definition) is 4. The smallest absolute Gasteiger partial charge is 0.410 e. The molecule has 3 amide bonds. The second kappa shape index (κ2) is 16.9. The lowest BCUT2D eigenvalue weighted by Gasteiger charge is -2.36. The Bertz CT molecular complexity index is 1270. The van der Waals surface area contributed by atoms with Gasteiger partial charge in [0.1, 0.15) is 6.61 Å². The molecule has 0 saturated heterocycles. The van der Waals surface area contributed by atoms with Gasteiger partial charge >= 0.3 is 12.2 Å². The summed E-state index contributed by atoms with van der Waals surface area (Å²) in [4.78, 5) is 42.1. The Labute approximate surface area is 254 Å². The monoisotopic (exact) mass is 584 g/mol. The molecule has 1 radical (unpaired) electrons. The SMILES string of the molecule is O=C(O)N[C](CCN(C(=O)CCN(CCc1ccccc1)C(=O)OCc1ccccc1)C1CCCCC1)c1ccccc1. The van der Waals surface area contributed by atoms with Crippen molar-refractivity contribution in [1.82, 2.24) is 15.1 Å². The Hall–Kier alpha value is -4.33. The van der Waals surface area contributed by atoms with Gasteiger partial charge in [0.2, 0.25) is 5.91 Å². The maximum Gasteiger partial charge on any atom is 0.410 e. The van der Waals surface area contributed by atoms with Crippen molar-refractivity contribution < 1.29 is 24.2 Å². The lowest BCUT2D eigenvalue weighted by Crippen LogP contribution is -2.45. The Morgan fingerprint density at radius 3 is 1.98 bits per heavy atom. The van der Waals surface area contributed by atoms with Gasteiger partial charge in [-0.3, -0.25) is 4.79 Å². The fourth-order valence-electron chi connectivity index (χ4n) is 5.57. The van der Waals surface area contributed by atoms with Gasteiger partial charge in [0.05, 0.1) is 6.04 Å². The normalized spacial score (nSPS) is 13.3. The summed E-state index contributed by atoms with van der Waals surface area (Å²) >= 11 is 0. The molecule has 0 aromatic heterocycles. The number of nitrogens with one attached hydrogen (secondary N) is 1. The summed E-state index contributed by atoms with van der Waals surface area (Å²) < 4.78 is 5.65. The molecular weight excluding hydrogens is 542 g/mol. The second-order valence-electron chi connectivity index (χ2n) is 10.9. The number of amides is 3. The standard InChI is InChI=1S/C35H42N3O5/c39-33(38(31-19-11-4-12-20-31)26-22-32(36-34(40)41)30-17-9-3-10-18-30)23-25-37(24-21-28-13-5-1-6-14-28)35(42)43-27-29-15-7-2-8-16-29/h1-3,5-10,13-18,31,36H,4,11-12,19-27H2,(H,40,41). The molecule has 0 atom stereocenters. The maximum atomic E-state index is 13.8. The van der Waals surface area contributed by atoms with Crippen molar-refractivity contribution in [3.05, 3.63) is 114 Å². The minimum atomic E-state index is -1.13. The van der Waals surface area contributed by atoms with Gasteiger partial charge in [-0.1, -0.05) is 110 Å².